The van der Waals surface area contributed by atoms with Crippen LogP contribution in [0.2, 0.25) is 0 Å². The summed E-state index contributed by atoms with van der Waals surface area (Å²) in [6.07, 6.45) is 0.661. The topological polar surface area (TPSA) is 301 Å². The van der Waals surface area contributed by atoms with Crippen molar-refractivity contribution in [1.29, 1.82) is 0 Å². The van der Waals surface area contributed by atoms with E-state index in [0.717, 1.165) is 154 Å². The zero-order valence-electron chi connectivity index (χ0n) is 73.4. The van der Waals surface area contributed by atoms with Gasteiger partial charge in [0.05, 0.1) is 43.4 Å². The molecule has 28 nitrogen and oxygen atoms in total. The molecule has 0 spiro atoms. The van der Waals surface area contributed by atoms with E-state index in [1.807, 2.05) is 87.1 Å². The molecule has 658 valence electrons. The normalized spacial score (nSPS) is 12.1. The lowest BCUT2D eigenvalue weighted by Crippen LogP contribution is -2.37. The van der Waals surface area contributed by atoms with Crippen LogP contribution in [-0.2, 0) is 54.2 Å². The monoisotopic (exact) mass is 1810 g/mol. The molecule has 5 aromatic carbocycles. The minimum atomic E-state index is -3.91. The van der Waals surface area contributed by atoms with Gasteiger partial charge in [-0.3, -0.25) is 4.18 Å². The van der Waals surface area contributed by atoms with Gasteiger partial charge in [-0.15, -0.1) is 0 Å². The van der Waals surface area contributed by atoms with Gasteiger partial charge in [-0.1, -0.05) is 111 Å². The number of aliphatic hydroxyl groups is 1. The van der Waals surface area contributed by atoms with Gasteiger partial charge in [-0.2, -0.15) is 17.0 Å². The summed E-state index contributed by atoms with van der Waals surface area (Å²) in [6.45, 7) is 29.2. The van der Waals surface area contributed by atoms with Crippen LogP contribution in [0.15, 0.2) is 146 Å². The van der Waals surface area contributed by atoms with Crippen molar-refractivity contribution in [2.45, 2.75) is 65.5 Å². The minimum absolute atomic E-state index is 0.0437. The van der Waals surface area contributed by atoms with Crippen LogP contribution in [0.1, 0.15) is 34.2 Å². The van der Waals surface area contributed by atoms with E-state index in [0.29, 0.717) is 40.7 Å². The number of alkyl halides is 1. The second-order valence-corrected chi connectivity index (χ2v) is 40.2. The maximum atomic E-state index is 12.4. The maximum absolute atomic E-state index is 12.4. The lowest BCUT2D eigenvalue weighted by molar-refractivity contribution is 0.238. The zero-order valence-corrected chi connectivity index (χ0v) is 79.7. The molecule has 6 N–H and O–H groups in total. The summed E-state index contributed by atoms with van der Waals surface area (Å²) in [5.74, 6) is 0.205. The van der Waals surface area contributed by atoms with Crippen molar-refractivity contribution in [3.05, 3.63) is 149 Å². The lowest BCUT2D eigenvalue weighted by Gasteiger charge is -2.23. The van der Waals surface area contributed by atoms with Gasteiger partial charge in [0.25, 0.3) is 10.1 Å². The van der Waals surface area contributed by atoms with Gasteiger partial charge < -0.3 is 70.5 Å². The van der Waals surface area contributed by atoms with Crippen LogP contribution >= 0.6 is 22.6 Å². The summed E-state index contributed by atoms with van der Waals surface area (Å²) < 4.78 is 132. The first-order valence-corrected chi connectivity index (χ1v) is 47.5. The molecule has 5 rings (SSSR count). The van der Waals surface area contributed by atoms with Crippen LogP contribution < -0.4 is 21.1 Å². The summed E-state index contributed by atoms with van der Waals surface area (Å²) in [7, 11) is 18.6. The van der Waals surface area contributed by atoms with Crippen molar-refractivity contribution in [3.63, 3.8) is 0 Å². The Morgan fingerprint density at radius 3 is 0.956 bits per heavy atom. The van der Waals surface area contributed by atoms with Crippen molar-refractivity contribution in [2.24, 2.45) is 5.73 Å². The molecule has 0 unspecified atom stereocenters. The minimum Gasteiger partial charge on any atom is -0.395 e. The van der Waals surface area contributed by atoms with Gasteiger partial charge in [-0.05, 0) is 221 Å². The smallest absolute Gasteiger partial charge is 0.297 e. The highest BCUT2D eigenvalue weighted by Crippen LogP contribution is 2.19. The molecule has 34 heteroatoms. The molecule has 0 aliphatic heterocycles. The third-order valence-electron chi connectivity index (χ3n) is 17.3. The molecule has 0 saturated carbocycles. The fourth-order valence-electron chi connectivity index (χ4n) is 9.21. The number of benzene rings is 5. The van der Waals surface area contributed by atoms with Crippen molar-refractivity contribution >= 4 is 72.6 Å². The number of sulfonamides is 3. The molecule has 0 atom stereocenters. The van der Waals surface area contributed by atoms with Gasteiger partial charge >= 0.3 is 0 Å². The Kier molecular flexibility index (Phi) is 60.9. The highest BCUT2D eigenvalue weighted by atomic mass is 127. The third-order valence-corrected chi connectivity index (χ3v) is 26.2. The predicted octanol–water partition coefficient (Wildman–Crippen LogP) is 5.00. The first-order valence-electron chi connectivity index (χ1n) is 38.5. The fraction of sp³-hybridized carbons (Fsp3) is 0.625. The zero-order chi connectivity index (χ0) is 87.3. The SMILES string of the molecule is CN(C)CCN(C)CCN(C)CCN.CNCCN(C)CCN(C)C.CNCCO.Cc1ccc(S(=O)(=O)CCCN(C)CCN(C)CCN(C)C)cc1.Cc1ccc(S(=O)(=O)N(C)CCN(C)CCN(C)C)cc1.Cc1ccc(S(=O)(=O)NCCI)cc1.Cc1ccc(S(=O)(=O)OCCN(C)S(=O)(=O)c2ccc(C)cc2)cc1. The molecule has 114 heavy (non-hydrogen) atoms. The summed E-state index contributed by atoms with van der Waals surface area (Å²) in [6, 6.07) is 33.6. The molecular formula is C80H149IN16O12S5. The lowest BCUT2D eigenvalue weighted by atomic mass is 10.2. The van der Waals surface area contributed by atoms with Gasteiger partial charge in [0.1, 0.15) is 0 Å². The molecule has 0 bridgehead atoms. The van der Waals surface area contributed by atoms with E-state index in [2.05, 4.69) is 164 Å². The van der Waals surface area contributed by atoms with Crippen LogP contribution in [0.4, 0.5) is 0 Å². The van der Waals surface area contributed by atoms with E-state index in [4.69, 9.17) is 15.0 Å². The first-order chi connectivity index (χ1) is 53.3. The number of halogens is 1. The largest absolute Gasteiger partial charge is 0.395 e. The van der Waals surface area contributed by atoms with Crippen LogP contribution in [0.3, 0.4) is 0 Å². The Balaban J connectivity index is 0. The highest BCUT2D eigenvalue weighted by molar-refractivity contribution is 14.1. The van der Waals surface area contributed by atoms with Crippen molar-refractivity contribution in [3.8, 4) is 0 Å². The van der Waals surface area contributed by atoms with Crippen LogP contribution in [0, 0.1) is 34.6 Å². The second kappa shape index (κ2) is 62.1. The number of nitrogens with zero attached hydrogens (tertiary/aromatic N) is 12. The van der Waals surface area contributed by atoms with E-state index < -0.39 is 50.0 Å². The highest BCUT2D eigenvalue weighted by Gasteiger charge is 2.24. The number of likely N-dealkylation sites (N-methyl/N-ethyl adjacent to an activating group) is 14. The molecule has 0 amide bonds. The van der Waals surface area contributed by atoms with Crippen molar-refractivity contribution in [2.75, 3.05) is 294 Å². The Hall–Kier alpha value is -4.14. The van der Waals surface area contributed by atoms with Gasteiger partial charge in [0.2, 0.25) is 30.1 Å². The average Bonchev–Trinajstić information content (AvgIpc) is 0.814. The predicted molar refractivity (Wildman–Crippen MR) is 483 cm³/mol. The number of hydrogen-bond donors (Lipinski definition) is 5. The number of rotatable bonds is 46. The Morgan fingerprint density at radius 1 is 0.351 bits per heavy atom. The molecule has 0 fully saturated rings. The number of nitrogens with two attached hydrogens (primary N) is 1. The summed E-state index contributed by atoms with van der Waals surface area (Å²) in [4.78, 5) is 23.6. The number of aliphatic hydroxyl groups excluding tert-OH is 1. The number of sulfone groups is 1. The molecule has 0 heterocycles. The number of nitrogens with one attached hydrogen (secondary N) is 3. The third kappa shape index (κ3) is 54.1. The molecule has 0 aliphatic carbocycles. The molecule has 0 radical (unpaired) electrons. The van der Waals surface area contributed by atoms with E-state index >= 15 is 0 Å². The van der Waals surface area contributed by atoms with E-state index in [1.165, 1.54) is 35.6 Å². The standard InChI is InChI=1S/C18H33N3O2S.C17H21NO5S2.C15H27N3O2S.C10H26N4.C9H12INO2S.C8H21N3.C3H9NO/c1-17-7-9-18(10-8-17)24(22,23)16-6-11-20(4)14-15-21(5)13-12-19(2)3;1-14-4-8-16(9-5-14)24(19,20)18(3)12-13-23-25(21,22)17-10-6-15(2)7-11-17;1-14-6-8-15(9-7-14)21(19,20)18(5)13-12-17(4)11-10-16(2)3;1-12(2)7-8-14(4)10-9-13(3)6-5-11;1-8-2-4-9(5-3-8)14(12,13)11-7-6-10;1-9-5-6-11(4)8-7-10(2)3;1-4-2-3-5/h7-10H,6,11-16H2,1-5H3;4-11H,12-13H2,1-3H3;6-9H,10-13H2,1-5H3;5-11H2,1-4H3;2-5,11H,6-7H2,1H3;9H,5-8H2,1-4H3;4-5H,2-3H2,1H3. The van der Waals surface area contributed by atoms with Gasteiger partial charge in [0.15, 0.2) is 9.84 Å². The average molecular weight is 1810 g/mol. The van der Waals surface area contributed by atoms with E-state index in [1.54, 1.807) is 86.9 Å². The summed E-state index contributed by atoms with van der Waals surface area (Å²) in [5.41, 5.74) is 10.5. The summed E-state index contributed by atoms with van der Waals surface area (Å²) in [5, 5.41) is 13.9. The maximum Gasteiger partial charge on any atom is 0.297 e. The molecule has 5 aromatic rings. The fourth-order valence-corrected chi connectivity index (χ4v) is 15.4. The van der Waals surface area contributed by atoms with Crippen LogP contribution in [0.25, 0.3) is 0 Å². The molecule has 0 saturated heterocycles. The van der Waals surface area contributed by atoms with Crippen molar-refractivity contribution in [1.82, 2.24) is 73.0 Å². The van der Waals surface area contributed by atoms with Gasteiger partial charge in [-0.25, -0.2) is 38.4 Å². The van der Waals surface area contributed by atoms with Gasteiger partial charge in [0, 0.05) is 156 Å². The molecule has 0 aliphatic rings. The molecular weight excluding hydrogens is 1660 g/mol. The van der Waals surface area contributed by atoms with Crippen molar-refractivity contribution < 1.29 is 51.4 Å². The Bertz CT molecular complexity index is 3840. The molecule has 0 aromatic heterocycles. The van der Waals surface area contributed by atoms with E-state index in [-0.39, 0.29) is 35.3 Å². The quantitative estimate of drug-likeness (QED) is 0.0195. The second-order valence-electron chi connectivity index (χ2n) is 29.5. The summed E-state index contributed by atoms with van der Waals surface area (Å²) >= 11 is 2.13. The Labute approximate surface area is 706 Å². The number of aryl methyl sites for hydroxylation is 5. The van der Waals surface area contributed by atoms with Crippen LogP contribution in [0.5, 0.6) is 0 Å². The first kappa shape index (κ1) is 112. The van der Waals surface area contributed by atoms with Crippen LogP contribution in [-0.4, -0.2) is 399 Å². The van der Waals surface area contributed by atoms with E-state index in [9.17, 15) is 42.1 Å². The Morgan fingerprint density at radius 2 is 0.640 bits per heavy atom. The number of hydrogen-bond acceptors (Lipinski definition) is 25.